The van der Waals surface area contributed by atoms with Crippen molar-refractivity contribution in [1.82, 2.24) is 0 Å². The molecule has 1 saturated heterocycles. The molecule has 1 fully saturated rings. The van der Waals surface area contributed by atoms with Gasteiger partial charge < -0.3 is 10.0 Å². The van der Waals surface area contributed by atoms with Gasteiger partial charge in [-0.05, 0) is 73.2 Å². The number of allylic oxidation sites excluding steroid dienone is 1. The number of nitriles is 1. The second-order valence-corrected chi connectivity index (χ2v) is 6.64. The fourth-order valence-corrected chi connectivity index (χ4v) is 3.30. The third-order valence-corrected chi connectivity index (χ3v) is 4.84. The maximum absolute atomic E-state index is 11.0. The summed E-state index contributed by atoms with van der Waals surface area (Å²) in [5.41, 5.74) is 4.83. The van der Waals surface area contributed by atoms with Crippen molar-refractivity contribution in [3.63, 3.8) is 0 Å². The van der Waals surface area contributed by atoms with Gasteiger partial charge in [-0.15, -0.1) is 0 Å². The highest BCUT2D eigenvalue weighted by Crippen LogP contribution is 2.26. The Balaban J connectivity index is 1.87. The lowest BCUT2D eigenvalue weighted by atomic mass is 9.99. The zero-order chi connectivity index (χ0) is 18.5. The molecule has 0 bridgehead atoms. The Morgan fingerprint density at radius 3 is 2.31 bits per heavy atom. The Morgan fingerprint density at radius 1 is 1.08 bits per heavy atom. The monoisotopic (exact) mass is 346 g/mol. The van der Waals surface area contributed by atoms with Crippen LogP contribution in [0.25, 0.3) is 11.6 Å². The maximum atomic E-state index is 11.0. The van der Waals surface area contributed by atoms with Crippen LogP contribution in [0.3, 0.4) is 0 Å². The van der Waals surface area contributed by atoms with E-state index in [-0.39, 0.29) is 5.56 Å². The van der Waals surface area contributed by atoms with Gasteiger partial charge >= 0.3 is 5.97 Å². The van der Waals surface area contributed by atoms with Gasteiger partial charge in [0.25, 0.3) is 0 Å². The lowest BCUT2D eigenvalue weighted by Gasteiger charge is -2.29. The second-order valence-electron chi connectivity index (χ2n) is 6.64. The SMILES string of the molecule is Cc1cc(N2CCCCC2)ccc1/C=C(/C#N)c1ccc(C(=O)O)cc1. The van der Waals surface area contributed by atoms with Crippen molar-refractivity contribution in [2.24, 2.45) is 0 Å². The van der Waals surface area contributed by atoms with Crippen LogP contribution in [-0.2, 0) is 0 Å². The predicted molar refractivity (Wildman–Crippen MR) is 104 cm³/mol. The van der Waals surface area contributed by atoms with E-state index in [1.54, 1.807) is 12.1 Å². The average Bonchev–Trinajstić information content (AvgIpc) is 2.68. The van der Waals surface area contributed by atoms with E-state index in [9.17, 15) is 10.1 Å². The number of hydrogen-bond acceptors (Lipinski definition) is 3. The first-order chi connectivity index (χ1) is 12.6. The van der Waals surface area contributed by atoms with E-state index in [1.807, 2.05) is 6.08 Å². The second kappa shape index (κ2) is 7.88. The van der Waals surface area contributed by atoms with Crippen LogP contribution in [0.4, 0.5) is 5.69 Å². The Hall–Kier alpha value is -3.06. The van der Waals surface area contributed by atoms with Crippen molar-refractivity contribution < 1.29 is 9.90 Å². The molecule has 2 aromatic carbocycles. The van der Waals surface area contributed by atoms with E-state index in [0.29, 0.717) is 5.57 Å². The maximum Gasteiger partial charge on any atom is 0.335 e. The summed E-state index contributed by atoms with van der Waals surface area (Å²) in [6.45, 7) is 4.27. The molecule has 1 aliphatic heterocycles. The molecule has 1 aliphatic rings. The first kappa shape index (κ1) is 17.8. The quantitative estimate of drug-likeness (QED) is 0.641. The molecule has 1 N–H and O–H groups in total. The number of aromatic carboxylic acids is 1. The molecule has 1 heterocycles. The molecule has 2 aromatic rings. The largest absolute Gasteiger partial charge is 0.478 e. The minimum Gasteiger partial charge on any atom is -0.478 e. The molecule has 3 rings (SSSR count). The van der Waals surface area contributed by atoms with Gasteiger partial charge in [-0.3, -0.25) is 0 Å². The van der Waals surface area contributed by atoms with Crippen molar-refractivity contribution in [2.45, 2.75) is 26.2 Å². The number of carboxylic acid groups (broad SMARTS) is 1. The molecule has 0 aliphatic carbocycles. The standard InChI is InChI=1S/C22H22N2O2/c1-16-13-21(24-11-3-2-4-12-24)10-9-19(16)14-20(15-23)17-5-7-18(8-6-17)22(25)26/h5-10,13-14H,2-4,11-12H2,1H3,(H,25,26)/b20-14-. The molecular weight excluding hydrogens is 324 g/mol. The van der Waals surface area contributed by atoms with E-state index < -0.39 is 5.97 Å². The van der Waals surface area contributed by atoms with Crippen LogP contribution in [0.15, 0.2) is 42.5 Å². The number of nitrogens with zero attached hydrogens (tertiary/aromatic N) is 2. The van der Waals surface area contributed by atoms with Crippen LogP contribution in [0.1, 0.15) is 46.3 Å². The Kier molecular flexibility index (Phi) is 5.38. The van der Waals surface area contributed by atoms with Crippen molar-refractivity contribution in [3.05, 3.63) is 64.7 Å². The summed E-state index contributed by atoms with van der Waals surface area (Å²) >= 11 is 0. The summed E-state index contributed by atoms with van der Waals surface area (Å²) in [7, 11) is 0. The van der Waals surface area contributed by atoms with E-state index in [2.05, 4.69) is 36.1 Å². The molecule has 4 heteroatoms. The number of benzene rings is 2. The highest BCUT2D eigenvalue weighted by atomic mass is 16.4. The fraction of sp³-hybridized carbons (Fsp3) is 0.273. The number of rotatable bonds is 4. The van der Waals surface area contributed by atoms with E-state index in [1.165, 1.54) is 37.1 Å². The Bertz CT molecular complexity index is 870. The van der Waals surface area contributed by atoms with E-state index in [0.717, 1.165) is 29.8 Å². The summed E-state index contributed by atoms with van der Waals surface area (Å²) in [6.07, 6.45) is 5.66. The molecule has 0 atom stereocenters. The minimum absolute atomic E-state index is 0.216. The van der Waals surface area contributed by atoms with Crippen LogP contribution in [0.5, 0.6) is 0 Å². The summed E-state index contributed by atoms with van der Waals surface area (Å²) in [5, 5.41) is 18.5. The van der Waals surface area contributed by atoms with Crippen molar-refractivity contribution in [2.75, 3.05) is 18.0 Å². The third kappa shape index (κ3) is 3.94. The van der Waals surface area contributed by atoms with Gasteiger partial charge in [-0.1, -0.05) is 18.2 Å². The van der Waals surface area contributed by atoms with Gasteiger partial charge in [0.15, 0.2) is 0 Å². The third-order valence-electron chi connectivity index (χ3n) is 4.84. The summed E-state index contributed by atoms with van der Waals surface area (Å²) < 4.78 is 0. The van der Waals surface area contributed by atoms with Crippen molar-refractivity contribution in [1.29, 1.82) is 5.26 Å². The van der Waals surface area contributed by atoms with Crippen molar-refractivity contribution >= 4 is 23.3 Å². The molecular formula is C22H22N2O2. The van der Waals surface area contributed by atoms with Crippen LogP contribution < -0.4 is 4.90 Å². The topological polar surface area (TPSA) is 64.3 Å². The molecule has 0 saturated carbocycles. The van der Waals surface area contributed by atoms with Gasteiger partial charge in [-0.25, -0.2) is 4.79 Å². The van der Waals surface area contributed by atoms with Gasteiger partial charge in [0, 0.05) is 18.8 Å². The number of anilines is 1. The first-order valence-electron chi connectivity index (χ1n) is 8.89. The lowest BCUT2D eigenvalue weighted by Crippen LogP contribution is -2.29. The predicted octanol–water partition coefficient (Wildman–Crippen LogP) is 4.75. The van der Waals surface area contributed by atoms with E-state index in [4.69, 9.17) is 5.11 Å². The highest BCUT2D eigenvalue weighted by molar-refractivity contribution is 5.92. The Labute approximate surface area is 154 Å². The Morgan fingerprint density at radius 2 is 1.73 bits per heavy atom. The summed E-state index contributed by atoms with van der Waals surface area (Å²) in [4.78, 5) is 13.4. The van der Waals surface area contributed by atoms with Crippen LogP contribution in [-0.4, -0.2) is 24.2 Å². The molecule has 132 valence electrons. The molecule has 0 amide bonds. The van der Waals surface area contributed by atoms with Gasteiger partial charge in [0.05, 0.1) is 17.2 Å². The smallest absolute Gasteiger partial charge is 0.335 e. The summed E-state index contributed by atoms with van der Waals surface area (Å²) in [5.74, 6) is -0.969. The number of carboxylic acids is 1. The normalized spacial score (nSPS) is 14.8. The lowest BCUT2D eigenvalue weighted by molar-refractivity contribution is 0.0697. The first-order valence-corrected chi connectivity index (χ1v) is 8.89. The van der Waals surface area contributed by atoms with Crippen LogP contribution in [0.2, 0.25) is 0 Å². The van der Waals surface area contributed by atoms with Gasteiger partial charge in [-0.2, -0.15) is 5.26 Å². The van der Waals surface area contributed by atoms with Gasteiger partial charge in [0.2, 0.25) is 0 Å². The number of hydrogen-bond donors (Lipinski definition) is 1. The molecule has 4 nitrogen and oxygen atoms in total. The number of carbonyl (C=O) groups is 1. The molecule has 0 spiro atoms. The highest BCUT2D eigenvalue weighted by Gasteiger charge is 2.12. The zero-order valence-corrected chi connectivity index (χ0v) is 14.9. The molecule has 0 aromatic heterocycles. The summed E-state index contributed by atoms with van der Waals surface area (Å²) in [6, 6.07) is 15.0. The van der Waals surface area contributed by atoms with Crippen molar-refractivity contribution in [3.8, 4) is 6.07 Å². The number of piperidine rings is 1. The molecule has 0 radical (unpaired) electrons. The molecule has 26 heavy (non-hydrogen) atoms. The van der Waals surface area contributed by atoms with Gasteiger partial charge in [0.1, 0.15) is 0 Å². The minimum atomic E-state index is -0.969. The molecule has 0 unspecified atom stereocenters. The number of aryl methyl sites for hydroxylation is 1. The van der Waals surface area contributed by atoms with E-state index >= 15 is 0 Å². The fourth-order valence-electron chi connectivity index (χ4n) is 3.30. The average molecular weight is 346 g/mol. The van der Waals surface area contributed by atoms with Crippen LogP contribution in [0, 0.1) is 18.3 Å². The van der Waals surface area contributed by atoms with Crippen LogP contribution >= 0.6 is 0 Å². The zero-order valence-electron chi connectivity index (χ0n) is 14.9.